The number of rotatable bonds is 3. The number of alkyl halides is 3. The lowest BCUT2D eigenvalue weighted by Gasteiger charge is -2.52. The summed E-state index contributed by atoms with van der Waals surface area (Å²) in [5, 5.41) is 10.9. The highest BCUT2D eigenvalue weighted by Gasteiger charge is 2.59. The minimum atomic E-state index is -5.01. The Kier molecular flexibility index (Phi) is 5.81. The van der Waals surface area contributed by atoms with Gasteiger partial charge in [-0.2, -0.15) is 0 Å². The topological polar surface area (TPSA) is 113 Å². The number of aromatic nitrogens is 3. The van der Waals surface area contributed by atoms with Crippen LogP contribution in [0.15, 0.2) is 81.4 Å². The van der Waals surface area contributed by atoms with Crippen LogP contribution in [-0.2, 0) is 16.1 Å². The number of hydrogen-bond acceptors (Lipinski definition) is 6. The molecule has 4 atom stereocenters. The maximum Gasteiger partial charge on any atom is 0.573 e. The molecule has 0 spiro atoms. The van der Waals surface area contributed by atoms with Crippen LogP contribution in [0.5, 0.6) is 11.5 Å². The lowest BCUT2D eigenvalue weighted by atomic mass is 9.51. The molecule has 41 heavy (non-hydrogen) atoms. The molecule has 3 aromatic rings. The zero-order valence-corrected chi connectivity index (χ0v) is 21.9. The van der Waals surface area contributed by atoms with Crippen LogP contribution in [0.1, 0.15) is 37.8 Å². The van der Waals surface area contributed by atoms with Gasteiger partial charge in [0.15, 0.2) is 11.6 Å². The van der Waals surface area contributed by atoms with E-state index in [1.54, 1.807) is 43.3 Å². The van der Waals surface area contributed by atoms with Gasteiger partial charge in [-0.3, -0.25) is 9.59 Å². The van der Waals surface area contributed by atoms with Crippen LogP contribution in [0.3, 0.4) is 0 Å². The Morgan fingerprint density at radius 1 is 1.02 bits per heavy atom. The molecular formula is C29H24F3N3O6. The lowest BCUT2D eigenvalue weighted by Crippen LogP contribution is -2.54. The van der Waals surface area contributed by atoms with Gasteiger partial charge in [-0.1, -0.05) is 31.2 Å². The summed E-state index contributed by atoms with van der Waals surface area (Å²) < 4.78 is 46.9. The van der Waals surface area contributed by atoms with Gasteiger partial charge >= 0.3 is 17.7 Å². The molecule has 0 radical (unpaired) electrons. The van der Waals surface area contributed by atoms with Crippen molar-refractivity contribution in [3.63, 3.8) is 0 Å². The van der Waals surface area contributed by atoms with Crippen molar-refractivity contribution in [1.82, 2.24) is 13.9 Å². The Bertz CT molecular complexity index is 1800. The van der Waals surface area contributed by atoms with Crippen LogP contribution >= 0.6 is 0 Å². The largest absolute Gasteiger partial charge is 0.573 e. The summed E-state index contributed by atoms with van der Waals surface area (Å²) in [4.78, 5) is 54.4. The number of hydrogen-bond donors (Lipinski definition) is 1. The number of para-hydroxylation sites is 1. The Morgan fingerprint density at radius 3 is 2.41 bits per heavy atom. The van der Waals surface area contributed by atoms with Crippen molar-refractivity contribution in [2.45, 2.75) is 45.1 Å². The molecule has 12 heteroatoms. The van der Waals surface area contributed by atoms with Crippen molar-refractivity contribution in [1.29, 1.82) is 0 Å². The van der Waals surface area contributed by atoms with Crippen molar-refractivity contribution in [3.8, 4) is 17.2 Å². The molecule has 9 nitrogen and oxygen atoms in total. The van der Waals surface area contributed by atoms with Crippen molar-refractivity contribution in [3.05, 3.63) is 98.4 Å². The van der Waals surface area contributed by atoms with Gasteiger partial charge in [0.2, 0.25) is 0 Å². The zero-order chi connectivity index (χ0) is 29.4. The fourth-order valence-corrected chi connectivity index (χ4v) is 6.65. The monoisotopic (exact) mass is 567 g/mol. The summed E-state index contributed by atoms with van der Waals surface area (Å²) in [5.41, 5.74) is -1.84. The first-order valence-corrected chi connectivity index (χ1v) is 12.9. The first-order valence-electron chi connectivity index (χ1n) is 12.9. The van der Waals surface area contributed by atoms with E-state index in [9.17, 15) is 37.5 Å². The molecule has 0 bridgehead atoms. The molecule has 6 rings (SSSR count). The van der Waals surface area contributed by atoms with Gasteiger partial charge in [0.05, 0.1) is 23.7 Å². The predicted octanol–water partition coefficient (Wildman–Crippen LogP) is 3.79. The van der Waals surface area contributed by atoms with E-state index in [-0.39, 0.29) is 29.9 Å². The normalized spacial score (nSPS) is 25.5. The Morgan fingerprint density at radius 2 is 1.73 bits per heavy atom. The van der Waals surface area contributed by atoms with Gasteiger partial charge in [0, 0.05) is 17.4 Å². The lowest BCUT2D eigenvalue weighted by molar-refractivity contribution is -0.274. The maximum absolute atomic E-state index is 13.8. The third-order valence-corrected chi connectivity index (χ3v) is 8.50. The number of allylic oxidation sites excluding steroid dienone is 4. The number of aromatic hydroxyl groups is 1. The number of ketones is 2. The molecule has 1 fully saturated rings. The van der Waals surface area contributed by atoms with Crippen LogP contribution in [0.4, 0.5) is 13.2 Å². The summed E-state index contributed by atoms with van der Waals surface area (Å²) in [7, 11) is 0. The maximum atomic E-state index is 13.8. The molecule has 212 valence electrons. The van der Waals surface area contributed by atoms with E-state index >= 15 is 0 Å². The number of phenols is 1. The summed E-state index contributed by atoms with van der Waals surface area (Å²) >= 11 is 0. The van der Waals surface area contributed by atoms with E-state index in [1.165, 1.54) is 22.4 Å². The SMILES string of the molecule is CC1=CC(=O)[C@@]2(C)[C@@H](c3cc(OC(F)(F)F)ccc3O)C3=CCn4c(=O)n(-c5ccccc5)c(=O)n4[C@@H]3C[C@H]2C1=O. The third-order valence-electron chi connectivity index (χ3n) is 8.50. The number of phenolic OH excluding ortho intramolecular Hbond substituents is 1. The van der Waals surface area contributed by atoms with Crippen LogP contribution < -0.4 is 16.1 Å². The molecular weight excluding hydrogens is 543 g/mol. The van der Waals surface area contributed by atoms with E-state index < -0.39 is 58.3 Å². The number of benzene rings is 2. The number of nitrogens with zero attached hydrogens (tertiary/aromatic N) is 3. The van der Waals surface area contributed by atoms with Crippen LogP contribution in [0.25, 0.3) is 5.69 Å². The molecule has 1 N–H and O–H groups in total. The molecule has 0 amide bonds. The second-order valence-electron chi connectivity index (χ2n) is 10.7. The first-order chi connectivity index (χ1) is 19.3. The molecule has 1 saturated carbocycles. The summed E-state index contributed by atoms with van der Waals surface area (Å²) in [6, 6.07) is 10.4. The number of Topliss-reactive ketones (excluding diaryl/α,β-unsaturated/α-hetero) is 1. The van der Waals surface area contributed by atoms with E-state index in [1.807, 2.05) is 0 Å². The number of carbonyl (C=O) groups excluding carboxylic acids is 2. The molecule has 3 aliphatic rings. The van der Waals surface area contributed by atoms with Crippen molar-refractivity contribution in [2.75, 3.05) is 0 Å². The first kappa shape index (κ1) is 26.6. The quantitative estimate of drug-likeness (QED) is 0.482. The minimum Gasteiger partial charge on any atom is -0.508 e. The van der Waals surface area contributed by atoms with E-state index in [2.05, 4.69) is 4.74 Å². The summed E-state index contributed by atoms with van der Waals surface area (Å²) in [6.07, 6.45) is -2.16. The summed E-state index contributed by atoms with van der Waals surface area (Å²) in [5.74, 6) is -3.91. The molecule has 0 unspecified atom stereocenters. The van der Waals surface area contributed by atoms with Crippen LogP contribution in [-0.4, -0.2) is 37.0 Å². The number of carbonyl (C=O) groups is 2. The highest BCUT2D eigenvalue weighted by Crippen LogP contribution is 2.60. The number of halogens is 3. The van der Waals surface area contributed by atoms with Gasteiger partial charge in [-0.25, -0.2) is 23.5 Å². The number of fused-ring (bicyclic) bond motifs is 4. The van der Waals surface area contributed by atoms with Gasteiger partial charge in [0.25, 0.3) is 0 Å². The Hall–Kier alpha value is -4.61. The van der Waals surface area contributed by atoms with Gasteiger partial charge in [0.1, 0.15) is 11.5 Å². The average Bonchev–Trinajstić information content (AvgIpc) is 3.17. The molecule has 2 heterocycles. The van der Waals surface area contributed by atoms with Crippen molar-refractivity contribution < 1.29 is 32.6 Å². The summed E-state index contributed by atoms with van der Waals surface area (Å²) in [6.45, 7) is 2.98. The molecule has 0 saturated heterocycles. The second kappa shape index (κ2) is 8.95. The standard InChI is InChI=1S/C29H24F3N3O6/c1-15-12-23(37)28(2)20(25(15)38)14-21-18(24(28)19-13-17(8-9-22(19)36)41-29(30,31)32)10-11-33-26(39)34(27(40)35(21)33)16-6-4-3-5-7-16/h3-10,12-13,20-21,24,36H,11,14H2,1-2H3/t20-,21+,24+,28-/m0/s1. The highest BCUT2D eigenvalue weighted by molar-refractivity contribution is 6.13. The van der Waals surface area contributed by atoms with Crippen molar-refractivity contribution in [2.24, 2.45) is 11.3 Å². The number of ether oxygens (including phenoxy) is 1. The van der Waals surface area contributed by atoms with E-state index in [0.717, 1.165) is 22.8 Å². The fourth-order valence-electron chi connectivity index (χ4n) is 6.65. The molecule has 1 aliphatic heterocycles. The van der Waals surface area contributed by atoms with Gasteiger partial charge < -0.3 is 9.84 Å². The molecule has 2 aromatic carbocycles. The zero-order valence-electron chi connectivity index (χ0n) is 21.9. The fraction of sp³-hybridized carbons (Fsp3) is 0.310. The van der Waals surface area contributed by atoms with Gasteiger partial charge in [-0.05, 0) is 60.9 Å². The van der Waals surface area contributed by atoms with Crippen molar-refractivity contribution >= 4 is 11.6 Å². The van der Waals surface area contributed by atoms with E-state index in [4.69, 9.17) is 0 Å². The second-order valence-corrected chi connectivity index (χ2v) is 10.7. The smallest absolute Gasteiger partial charge is 0.508 e. The predicted molar refractivity (Wildman–Crippen MR) is 139 cm³/mol. The van der Waals surface area contributed by atoms with Crippen LogP contribution in [0, 0.1) is 11.3 Å². The van der Waals surface area contributed by atoms with E-state index in [0.29, 0.717) is 11.3 Å². The molecule has 1 aromatic heterocycles. The van der Waals surface area contributed by atoms with Gasteiger partial charge in [-0.15, -0.1) is 13.2 Å². The third kappa shape index (κ3) is 3.92. The highest BCUT2D eigenvalue weighted by atomic mass is 19.4. The Labute approximate surface area is 230 Å². The molecule has 2 aliphatic carbocycles. The van der Waals surface area contributed by atoms with Crippen LogP contribution in [0.2, 0.25) is 0 Å². The average molecular weight is 568 g/mol. The minimum absolute atomic E-state index is 0.00770. The Balaban J connectivity index is 1.59.